The Labute approximate surface area is 211 Å². The Morgan fingerprint density at radius 3 is 2.03 bits per heavy atom. The number of ether oxygens (including phenoxy) is 1. The summed E-state index contributed by atoms with van der Waals surface area (Å²) in [5, 5.41) is 2.73. The molecule has 1 heterocycles. The Balaban J connectivity index is 1.88. The highest BCUT2D eigenvalue weighted by atomic mass is 31.2. The molecule has 1 aromatic heterocycles. The Morgan fingerprint density at radius 2 is 1.43 bits per heavy atom. The lowest BCUT2D eigenvalue weighted by Crippen LogP contribution is -2.34. The molecular weight excluding hydrogens is 469 g/mol. The van der Waals surface area contributed by atoms with E-state index in [4.69, 9.17) is 19.5 Å². The van der Waals surface area contributed by atoms with E-state index in [2.05, 4.69) is 12.2 Å². The van der Waals surface area contributed by atoms with Crippen LogP contribution in [-0.4, -0.2) is 37.4 Å². The number of anilines is 1. The molecule has 0 saturated heterocycles. The SMILES string of the molecule is CCCCCCCCCCCCCCNC(=O)OCCCOP(=O)(O)OCC[n+]1ccc(N)cc1. The van der Waals surface area contributed by atoms with Crippen LogP contribution in [0.5, 0.6) is 0 Å². The van der Waals surface area contributed by atoms with Crippen LogP contribution < -0.4 is 15.6 Å². The minimum Gasteiger partial charge on any atom is -0.449 e. The van der Waals surface area contributed by atoms with Gasteiger partial charge in [0, 0.05) is 30.8 Å². The van der Waals surface area contributed by atoms with Crippen molar-refractivity contribution in [2.75, 3.05) is 32.1 Å². The van der Waals surface area contributed by atoms with Gasteiger partial charge in [-0.1, -0.05) is 77.6 Å². The number of hydrogen-bond acceptors (Lipinski definition) is 6. The number of unbranched alkanes of at least 4 members (excludes halogenated alkanes) is 11. The van der Waals surface area contributed by atoms with E-state index in [9.17, 15) is 14.3 Å². The fraction of sp³-hybridized carbons (Fsp3) is 0.760. The van der Waals surface area contributed by atoms with E-state index in [0.717, 1.165) is 12.8 Å². The first-order valence-corrected chi connectivity index (χ1v) is 14.7. The van der Waals surface area contributed by atoms with Crippen LogP contribution in [0, 0.1) is 0 Å². The normalized spacial score (nSPS) is 12.9. The molecule has 1 amide bonds. The Hall–Kier alpha value is -1.67. The van der Waals surface area contributed by atoms with Crippen molar-refractivity contribution in [3.05, 3.63) is 24.5 Å². The Kier molecular flexibility index (Phi) is 18.4. The number of rotatable bonds is 22. The minimum atomic E-state index is -4.14. The van der Waals surface area contributed by atoms with Gasteiger partial charge in [-0.2, -0.15) is 0 Å². The van der Waals surface area contributed by atoms with Crippen LogP contribution in [0.2, 0.25) is 0 Å². The van der Waals surface area contributed by atoms with Crippen molar-refractivity contribution >= 4 is 19.6 Å². The van der Waals surface area contributed by atoms with Gasteiger partial charge in [-0.15, -0.1) is 0 Å². The smallest absolute Gasteiger partial charge is 0.449 e. The molecule has 1 rings (SSSR count). The highest BCUT2D eigenvalue weighted by molar-refractivity contribution is 7.47. The highest BCUT2D eigenvalue weighted by Gasteiger charge is 2.21. The van der Waals surface area contributed by atoms with Crippen molar-refractivity contribution in [1.29, 1.82) is 0 Å². The molecule has 0 spiro atoms. The van der Waals surface area contributed by atoms with Crippen LogP contribution in [0.1, 0.15) is 90.4 Å². The summed E-state index contributed by atoms with van der Waals surface area (Å²) in [7, 11) is -4.14. The number of nitrogens with zero attached hydrogens (tertiary/aromatic N) is 1. The van der Waals surface area contributed by atoms with Crippen LogP contribution in [0.25, 0.3) is 0 Å². The number of aromatic nitrogens is 1. The molecule has 0 radical (unpaired) electrons. The number of nitrogens with two attached hydrogens (primary N) is 1. The van der Waals surface area contributed by atoms with E-state index in [1.165, 1.54) is 64.2 Å². The maximum absolute atomic E-state index is 11.9. The highest BCUT2D eigenvalue weighted by Crippen LogP contribution is 2.42. The third kappa shape index (κ3) is 19.2. The minimum absolute atomic E-state index is 0.0143. The summed E-state index contributed by atoms with van der Waals surface area (Å²) >= 11 is 0. The van der Waals surface area contributed by atoms with E-state index in [1.807, 2.05) is 0 Å². The first-order chi connectivity index (χ1) is 16.9. The van der Waals surface area contributed by atoms with Gasteiger partial charge in [-0.25, -0.2) is 13.9 Å². The molecule has 0 bridgehead atoms. The van der Waals surface area contributed by atoms with E-state index in [1.54, 1.807) is 29.1 Å². The number of nitrogen functional groups attached to an aromatic ring is 1. The first kappa shape index (κ1) is 31.4. The van der Waals surface area contributed by atoms with E-state index in [0.29, 0.717) is 25.2 Å². The van der Waals surface area contributed by atoms with E-state index >= 15 is 0 Å². The molecule has 0 aromatic carbocycles. The zero-order valence-electron chi connectivity index (χ0n) is 21.5. The topological polar surface area (TPSA) is 124 Å². The van der Waals surface area contributed by atoms with Crippen LogP contribution in [0.15, 0.2) is 24.5 Å². The molecule has 0 fully saturated rings. The van der Waals surface area contributed by atoms with Crippen molar-refractivity contribution in [3.63, 3.8) is 0 Å². The quantitative estimate of drug-likeness (QED) is 0.105. The molecule has 1 unspecified atom stereocenters. The monoisotopic (exact) mass is 516 g/mol. The zero-order chi connectivity index (χ0) is 25.6. The first-order valence-electron chi connectivity index (χ1n) is 13.2. The Bertz CT molecular complexity index is 705. The maximum Gasteiger partial charge on any atom is 0.472 e. The molecule has 9 nitrogen and oxygen atoms in total. The average molecular weight is 517 g/mol. The summed E-state index contributed by atoms with van der Waals surface area (Å²) in [5.41, 5.74) is 6.25. The molecule has 0 aliphatic carbocycles. The van der Waals surface area contributed by atoms with Crippen molar-refractivity contribution < 1.29 is 32.6 Å². The number of pyridine rings is 1. The van der Waals surface area contributed by atoms with E-state index in [-0.39, 0.29) is 19.8 Å². The number of carbonyl (C=O) groups is 1. The molecule has 4 N–H and O–H groups in total. The third-order valence-corrected chi connectivity index (χ3v) is 6.61. The lowest BCUT2D eigenvalue weighted by Gasteiger charge is -2.11. The summed E-state index contributed by atoms with van der Waals surface area (Å²) in [6.07, 6.45) is 18.6. The number of phosphoric acid groups is 1. The summed E-state index contributed by atoms with van der Waals surface area (Å²) in [6, 6.07) is 3.45. The van der Waals surface area contributed by atoms with E-state index < -0.39 is 13.9 Å². The van der Waals surface area contributed by atoms with Crippen molar-refractivity contribution in [2.24, 2.45) is 0 Å². The number of hydrogen-bond donors (Lipinski definition) is 3. The van der Waals surface area contributed by atoms with Crippen molar-refractivity contribution in [3.8, 4) is 0 Å². The molecule has 35 heavy (non-hydrogen) atoms. The molecule has 1 atom stereocenters. The van der Waals surface area contributed by atoms with Crippen LogP contribution in [-0.2, 0) is 24.9 Å². The molecule has 202 valence electrons. The molecular formula is C25H47N3O6P+. The number of nitrogens with one attached hydrogen (secondary N) is 1. The Morgan fingerprint density at radius 1 is 0.886 bits per heavy atom. The van der Waals surface area contributed by atoms with Crippen LogP contribution in [0.4, 0.5) is 10.5 Å². The largest absolute Gasteiger partial charge is 0.472 e. The fourth-order valence-electron chi connectivity index (χ4n) is 3.53. The molecule has 10 heteroatoms. The zero-order valence-corrected chi connectivity index (χ0v) is 22.4. The van der Waals surface area contributed by atoms with Gasteiger partial charge in [0.15, 0.2) is 18.9 Å². The number of phosphoric ester groups is 1. The van der Waals surface area contributed by atoms with Gasteiger partial charge < -0.3 is 20.7 Å². The predicted molar refractivity (Wildman–Crippen MR) is 138 cm³/mol. The number of carbonyl (C=O) groups excluding carboxylic acids is 1. The number of amides is 1. The van der Waals surface area contributed by atoms with Gasteiger partial charge in [-0.3, -0.25) is 9.05 Å². The van der Waals surface area contributed by atoms with Gasteiger partial charge in [0.05, 0.1) is 13.2 Å². The summed E-state index contributed by atoms with van der Waals surface area (Å²) in [6.45, 7) is 3.30. The molecule has 0 aliphatic rings. The van der Waals surface area contributed by atoms with Crippen LogP contribution >= 0.6 is 7.82 Å². The lowest BCUT2D eigenvalue weighted by molar-refractivity contribution is -0.697. The molecule has 0 saturated carbocycles. The second-order valence-corrected chi connectivity index (χ2v) is 10.3. The second-order valence-electron chi connectivity index (χ2n) is 8.81. The van der Waals surface area contributed by atoms with Gasteiger partial charge in [0.25, 0.3) is 0 Å². The molecule has 0 aliphatic heterocycles. The second kappa shape index (κ2) is 20.5. The number of alkyl carbamates (subject to hydrolysis) is 1. The summed E-state index contributed by atoms with van der Waals surface area (Å²) < 4.78 is 28.5. The summed E-state index contributed by atoms with van der Waals surface area (Å²) in [5.74, 6) is 0. The van der Waals surface area contributed by atoms with Gasteiger partial charge in [-0.05, 0) is 6.42 Å². The predicted octanol–water partition coefficient (Wildman–Crippen LogP) is 5.51. The van der Waals surface area contributed by atoms with Crippen molar-refractivity contribution in [1.82, 2.24) is 5.32 Å². The molecule has 1 aromatic rings. The van der Waals surface area contributed by atoms with Crippen molar-refractivity contribution in [2.45, 2.75) is 96.9 Å². The van der Waals surface area contributed by atoms with Gasteiger partial charge in [0.1, 0.15) is 6.61 Å². The standard InChI is InChI=1S/C25H46N3O6P/c1-2-3-4-5-6-7-8-9-10-11-12-13-17-27-25(29)32-21-14-22-33-35(30,31)34-23-20-28-18-15-24(26)16-19-28/h15-16,18-19,26H,2-14,17,20-23H2,1H3,(H2,27,29,30,31)/p+1. The van der Waals surface area contributed by atoms with Crippen LogP contribution in [0.3, 0.4) is 0 Å². The van der Waals surface area contributed by atoms with Gasteiger partial charge >= 0.3 is 13.9 Å². The average Bonchev–Trinajstić information content (AvgIpc) is 2.83. The summed E-state index contributed by atoms with van der Waals surface area (Å²) in [4.78, 5) is 21.4. The maximum atomic E-state index is 11.9. The lowest BCUT2D eigenvalue weighted by atomic mass is 10.1. The third-order valence-electron chi connectivity index (χ3n) is 5.60. The fourth-order valence-corrected chi connectivity index (χ4v) is 4.27. The van der Waals surface area contributed by atoms with Gasteiger partial charge in [0.2, 0.25) is 0 Å².